The van der Waals surface area contributed by atoms with Gasteiger partial charge >= 0.3 is 0 Å². The molecule has 2 aliphatic rings. The fourth-order valence-electron chi connectivity index (χ4n) is 3.56. The van der Waals surface area contributed by atoms with Crippen LogP contribution in [0.4, 0.5) is 0 Å². The van der Waals surface area contributed by atoms with Crippen LogP contribution in [0.1, 0.15) is 44.9 Å². The van der Waals surface area contributed by atoms with Crippen LogP contribution in [-0.2, 0) is 14.8 Å². The zero-order valence-corrected chi connectivity index (χ0v) is 14.1. The maximum Gasteiger partial charge on any atom is 0.243 e. The van der Waals surface area contributed by atoms with Gasteiger partial charge in [-0.25, -0.2) is 8.42 Å². The summed E-state index contributed by atoms with van der Waals surface area (Å²) in [5.41, 5.74) is 0. The van der Waals surface area contributed by atoms with Crippen LogP contribution >= 0.6 is 0 Å². The second-order valence-electron chi connectivity index (χ2n) is 6.43. The Morgan fingerprint density at radius 3 is 2.39 bits per heavy atom. The molecule has 1 atom stereocenters. The first-order chi connectivity index (χ1) is 11.1. The first-order valence-corrected chi connectivity index (χ1v) is 9.90. The van der Waals surface area contributed by atoms with Gasteiger partial charge in [0.05, 0.1) is 4.90 Å². The molecule has 0 bridgehead atoms. The quantitative estimate of drug-likeness (QED) is 0.917. The Balaban J connectivity index is 1.73. The summed E-state index contributed by atoms with van der Waals surface area (Å²) in [6.07, 6.45) is 6.85. The highest BCUT2D eigenvalue weighted by Crippen LogP contribution is 2.27. The molecule has 5 nitrogen and oxygen atoms in total. The van der Waals surface area contributed by atoms with E-state index in [0.717, 1.165) is 32.1 Å². The van der Waals surface area contributed by atoms with Gasteiger partial charge in [-0.05, 0) is 37.8 Å². The smallest absolute Gasteiger partial charge is 0.243 e. The molecule has 1 saturated carbocycles. The Bertz CT molecular complexity index is 639. The van der Waals surface area contributed by atoms with Crippen molar-refractivity contribution in [3.05, 3.63) is 30.3 Å². The molecule has 23 heavy (non-hydrogen) atoms. The summed E-state index contributed by atoms with van der Waals surface area (Å²) >= 11 is 0. The summed E-state index contributed by atoms with van der Waals surface area (Å²) < 4.78 is 27.0. The molecule has 1 N–H and O–H groups in total. The lowest BCUT2D eigenvalue weighted by Gasteiger charge is -2.27. The Labute approximate surface area is 138 Å². The first-order valence-electron chi connectivity index (χ1n) is 8.46. The highest BCUT2D eigenvalue weighted by atomic mass is 32.2. The predicted octanol–water partition coefficient (Wildman–Crippen LogP) is 2.29. The molecule has 1 aliphatic heterocycles. The van der Waals surface area contributed by atoms with E-state index in [0.29, 0.717) is 13.0 Å². The van der Waals surface area contributed by atoms with Gasteiger partial charge in [-0.3, -0.25) is 4.79 Å². The zero-order valence-electron chi connectivity index (χ0n) is 13.3. The van der Waals surface area contributed by atoms with E-state index >= 15 is 0 Å². The van der Waals surface area contributed by atoms with E-state index in [1.165, 1.54) is 10.7 Å². The molecule has 6 heteroatoms. The summed E-state index contributed by atoms with van der Waals surface area (Å²) in [5, 5.41) is 3.07. The van der Waals surface area contributed by atoms with Crippen LogP contribution in [0.2, 0.25) is 0 Å². The van der Waals surface area contributed by atoms with Gasteiger partial charge < -0.3 is 5.32 Å². The van der Waals surface area contributed by atoms with E-state index in [9.17, 15) is 13.2 Å². The van der Waals surface area contributed by atoms with Crippen molar-refractivity contribution < 1.29 is 13.2 Å². The number of amides is 1. The predicted molar refractivity (Wildman–Crippen MR) is 88.4 cm³/mol. The number of hydrogen-bond acceptors (Lipinski definition) is 3. The second-order valence-corrected chi connectivity index (χ2v) is 8.32. The third-order valence-electron chi connectivity index (χ3n) is 4.81. The fraction of sp³-hybridized carbons (Fsp3) is 0.588. The second kappa shape index (κ2) is 7.01. The molecule has 1 saturated heterocycles. The molecule has 1 aromatic rings. The van der Waals surface area contributed by atoms with Crippen molar-refractivity contribution in [2.24, 2.45) is 0 Å². The molecule has 0 spiro atoms. The summed E-state index contributed by atoms with van der Waals surface area (Å²) in [7, 11) is -3.60. The van der Waals surface area contributed by atoms with Crippen LogP contribution in [0.5, 0.6) is 0 Å². The van der Waals surface area contributed by atoms with Gasteiger partial charge in [-0.2, -0.15) is 4.31 Å². The highest BCUT2D eigenvalue weighted by Gasteiger charge is 2.39. The lowest BCUT2D eigenvalue weighted by Crippen LogP contribution is -2.49. The van der Waals surface area contributed by atoms with Crippen molar-refractivity contribution in [1.82, 2.24) is 9.62 Å². The summed E-state index contributed by atoms with van der Waals surface area (Å²) in [6.45, 7) is 0.417. The number of rotatable bonds is 4. The van der Waals surface area contributed by atoms with E-state index in [1.807, 2.05) is 0 Å². The monoisotopic (exact) mass is 336 g/mol. The Morgan fingerprint density at radius 1 is 1.00 bits per heavy atom. The molecule has 0 unspecified atom stereocenters. The minimum atomic E-state index is -3.60. The van der Waals surface area contributed by atoms with Crippen molar-refractivity contribution in [3.8, 4) is 0 Å². The van der Waals surface area contributed by atoms with Gasteiger partial charge in [0.1, 0.15) is 6.04 Å². The number of carbonyl (C=O) groups is 1. The average molecular weight is 336 g/mol. The van der Waals surface area contributed by atoms with E-state index in [2.05, 4.69) is 5.32 Å². The van der Waals surface area contributed by atoms with Gasteiger partial charge in [0.15, 0.2) is 0 Å². The Hall–Kier alpha value is -1.40. The van der Waals surface area contributed by atoms with E-state index in [4.69, 9.17) is 0 Å². The average Bonchev–Trinajstić information content (AvgIpc) is 3.07. The lowest BCUT2D eigenvalue weighted by molar-refractivity contribution is -0.125. The van der Waals surface area contributed by atoms with Crippen molar-refractivity contribution in [1.29, 1.82) is 0 Å². The summed E-state index contributed by atoms with van der Waals surface area (Å²) in [4.78, 5) is 12.8. The normalized spacial score (nSPS) is 23.7. The number of carbonyl (C=O) groups excluding carboxylic acids is 1. The van der Waals surface area contributed by atoms with Gasteiger partial charge in [0, 0.05) is 12.6 Å². The third-order valence-corrected chi connectivity index (χ3v) is 6.73. The van der Waals surface area contributed by atoms with Crippen LogP contribution in [0.15, 0.2) is 35.2 Å². The van der Waals surface area contributed by atoms with E-state index in [-0.39, 0.29) is 16.8 Å². The number of hydrogen-bond donors (Lipinski definition) is 1. The Kier molecular flexibility index (Phi) is 5.02. The van der Waals surface area contributed by atoms with Crippen LogP contribution in [-0.4, -0.2) is 37.3 Å². The zero-order chi connectivity index (χ0) is 16.3. The van der Waals surface area contributed by atoms with Gasteiger partial charge in [0.2, 0.25) is 15.9 Å². The molecule has 0 radical (unpaired) electrons. The van der Waals surface area contributed by atoms with E-state index < -0.39 is 16.1 Å². The van der Waals surface area contributed by atoms with Gasteiger partial charge in [-0.1, -0.05) is 37.5 Å². The summed E-state index contributed by atoms with van der Waals surface area (Å²) in [6, 6.07) is 8.02. The number of nitrogens with zero attached hydrogens (tertiary/aromatic N) is 1. The topological polar surface area (TPSA) is 66.5 Å². The summed E-state index contributed by atoms with van der Waals surface area (Å²) in [5.74, 6) is -0.131. The van der Waals surface area contributed by atoms with Crippen molar-refractivity contribution in [2.75, 3.05) is 6.54 Å². The largest absolute Gasteiger partial charge is 0.352 e. The highest BCUT2D eigenvalue weighted by molar-refractivity contribution is 7.89. The molecule has 2 fully saturated rings. The molecule has 1 aliphatic carbocycles. The Morgan fingerprint density at radius 2 is 1.70 bits per heavy atom. The minimum absolute atomic E-state index is 0.131. The molecule has 1 heterocycles. The molecular weight excluding hydrogens is 312 g/mol. The molecule has 1 aromatic carbocycles. The number of sulfonamides is 1. The standard InChI is InChI=1S/C17H24N2O3S/c20-17(18-14-8-3-1-4-9-14)16-12-7-13-19(16)23(21,22)15-10-5-2-6-11-15/h2,5-6,10-11,14,16H,1,3-4,7-9,12-13H2,(H,18,20)/t16-/m0/s1. The van der Waals surface area contributed by atoms with Crippen LogP contribution in [0.3, 0.4) is 0 Å². The van der Waals surface area contributed by atoms with Crippen LogP contribution in [0.25, 0.3) is 0 Å². The van der Waals surface area contributed by atoms with Crippen LogP contribution < -0.4 is 5.32 Å². The molecular formula is C17H24N2O3S. The third kappa shape index (κ3) is 3.58. The van der Waals surface area contributed by atoms with Crippen molar-refractivity contribution in [2.45, 2.75) is 61.9 Å². The maximum atomic E-state index is 12.8. The van der Waals surface area contributed by atoms with E-state index in [1.54, 1.807) is 30.3 Å². The molecule has 0 aromatic heterocycles. The van der Waals surface area contributed by atoms with Crippen molar-refractivity contribution in [3.63, 3.8) is 0 Å². The van der Waals surface area contributed by atoms with Crippen molar-refractivity contribution >= 4 is 15.9 Å². The fourth-order valence-corrected chi connectivity index (χ4v) is 5.24. The van der Waals surface area contributed by atoms with Gasteiger partial charge in [0.25, 0.3) is 0 Å². The minimum Gasteiger partial charge on any atom is -0.352 e. The van der Waals surface area contributed by atoms with Gasteiger partial charge in [-0.15, -0.1) is 0 Å². The number of benzene rings is 1. The first kappa shape index (κ1) is 16.5. The molecule has 1 amide bonds. The molecule has 3 rings (SSSR count). The SMILES string of the molecule is O=C(NC1CCCCC1)[C@@H]1CCCN1S(=O)(=O)c1ccccc1. The molecule has 126 valence electrons. The maximum absolute atomic E-state index is 12.8. The van der Waals surface area contributed by atoms with Crippen LogP contribution in [0, 0.1) is 0 Å². The number of nitrogens with one attached hydrogen (secondary N) is 1. The lowest BCUT2D eigenvalue weighted by atomic mass is 9.95.